The molecule has 0 bridgehead atoms. The highest BCUT2D eigenvalue weighted by Gasteiger charge is 2.25. The van der Waals surface area contributed by atoms with Crippen molar-refractivity contribution in [2.24, 2.45) is 0 Å². The molecule has 0 aromatic heterocycles. The second-order valence-electron chi connectivity index (χ2n) is 6.59. The molecule has 2 N–H and O–H groups in total. The van der Waals surface area contributed by atoms with Crippen molar-refractivity contribution in [1.82, 2.24) is 10.6 Å². The summed E-state index contributed by atoms with van der Waals surface area (Å²) >= 11 is 0. The summed E-state index contributed by atoms with van der Waals surface area (Å²) in [6, 6.07) is 4.64. The number of amides is 3. The maximum absolute atomic E-state index is 12.9. The van der Waals surface area contributed by atoms with E-state index in [4.69, 9.17) is 9.47 Å². The van der Waals surface area contributed by atoms with Crippen LogP contribution in [-0.4, -0.2) is 36.2 Å². The zero-order valence-electron chi connectivity index (χ0n) is 15.5. The first-order valence-corrected chi connectivity index (χ1v) is 9.09. The number of nitrogens with one attached hydrogen (secondary N) is 2. The molecule has 0 saturated heterocycles. The van der Waals surface area contributed by atoms with E-state index in [1.54, 1.807) is 0 Å². The Bertz CT molecular complexity index is 659. The molecule has 1 aliphatic rings. The fourth-order valence-electron chi connectivity index (χ4n) is 2.77. The summed E-state index contributed by atoms with van der Waals surface area (Å²) in [4.78, 5) is 35.9. The Hall–Kier alpha value is -2.64. The number of halogens is 1. The van der Waals surface area contributed by atoms with Crippen LogP contribution in [0.15, 0.2) is 24.3 Å². The minimum Gasteiger partial charge on any atom is -0.479 e. The van der Waals surface area contributed by atoms with E-state index in [2.05, 4.69) is 10.6 Å². The molecule has 0 unspecified atom stereocenters. The van der Waals surface area contributed by atoms with Crippen molar-refractivity contribution in [2.75, 3.05) is 0 Å². The van der Waals surface area contributed by atoms with Crippen molar-refractivity contribution >= 4 is 17.9 Å². The van der Waals surface area contributed by atoms with E-state index >= 15 is 0 Å². The molecule has 1 aromatic rings. The molecule has 1 aromatic carbocycles. The lowest BCUT2D eigenvalue weighted by atomic mass is 9.96. The summed E-state index contributed by atoms with van der Waals surface area (Å²) in [7, 11) is 0. The molecular formula is C19H25FN2O5. The van der Waals surface area contributed by atoms with Gasteiger partial charge in [0, 0.05) is 6.04 Å². The lowest BCUT2D eigenvalue weighted by Crippen LogP contribution is -2.48. The van der Waals surface area contributed by atoms with Crippen molar-refractivity contribution in [3.05, 3.63) is 30.1 Å². The quantitative estimate of drug-likeness (QED) is 0.740. The topological polar surface area (TPSA) is 93.7 Å². The van der Waals surface area contributed by atoms with Crippen LogP contribution in [-0.2, 0) is 14.3 Å². The molecule has 0 spiro atoms. The highest BCUT2D eigenvalue weighted by Crippen LogP contribution is 2.17. The maximum Gasteiger partial charge on any atom is 0.347 e. The molecule has 1 saturated carbocycles. The number of ether oxygens (including phenoxy) is 2. The van der Waals surface area contributed by atoms with Gasteiger partial charge < -0.3 is 14.8 Å². The lowest BCUT2D eigenvalue weighted by Gasteiger charge is -2.23. The number of rotatable bonds is 6. The first-order chi connectivity index (χ1) is 12.8. The number of benzene rings is 1. The van der Waals surface area contributed by atoms with Gasteiger partial charge in [0.1, 0.15) is 11.6 Å². The third kappa shape index (κ3) is 6.88. The van der Waals surface area contributed by atoms with E-state index in [-0.39, 0.29) is 6.04 Å². The van der Waals surface area contributed by atoms with Crippen molar-refractivity contribution in [3.63, 3.8) is 0 Å². The number of carbonyl (C=O) groups excluding carboxylic acids is 3. The summed E-state index contributed by atoms with van der Waals surface area (Å²) in [5, 5.41) is 4.93. The molecule has 3 amide bonds. The van der Waals surface area contributed by atoms with E-state index in [0.717, 1.165) is 32.1 Å². The minimum absolute atomic E-state index is 0.0635. The molecule has 0 aliphatic heterocycles. The number of imide groups is 1. The highest BCUT2D eigenvalue weighted by molar-refractivity contribution is 5.97. The van der Waals surface area contributed by atoms with Crippen LogP contribution in [0.1, 0.15) is 46.0 Å². The molecular weight excluding hydrogens is 355 g/mol. The number of hydrogen-bond donors (Lipinski definition) is 2. The second-order valence-corrected chi connectivity index (χ2v) is 6.59. The first-order valence-electron chi connectivity index (χ1n) is 9.09. The van der Waals surface area contributed by atoms with Crippen LogP contribution >= 0.6 is 0 Å². The van der Waals surface area contributed by atoms with Crippen LogP contribution < -0.4 is 15.4 Å². The summed E-state index contributed by atoms with van der Waals surface area (Å²) < 4.78 is 23.2. The average molecular weight is 380 g/mol. The Balaban J connectivity index is 1.75. The van der Waals surface area contributed by atoms with Gasteiger partial charge in [-0.25, -0.2) is 14.0 Å². The summed E-state index contributed by atoms with van der Waals surface area (Å²) in [5.41, 5.74) is 0. The predicted octanol–water partition coefficient (Wildman–Crippen LogP) is 2.68. The molecule has 0 radical (unpaired) electrons. The number of urea groups is 1. The molecule has 1 fully saturated rings. The smallest absolute Gasteiger partial charge is 0.347 e. The molecule has 2 atom stereocenters. The Kier molecular flexibility index (Phi) is 7.57. The largest absolute Gasteiger partial charge is 0.479 e. The second kappa shape index (κ2) is 9.89. The van der Waals surface area contributed by atoms with Crippen LogP contribution in [0.2, 0.25) is 0 Å². The van der Waals surface area contributed by atoms with Gasteiger partial charge in [0.15, 0.2) is 12.2 Å². The molecule has 7 nitrogen and oxygen atoms in total. The number of esters is 1. The van der Waals surface area contributed by atoms with Gasteiger partial charge in [0.25, 0.3) is 5.91 Å². The zero-order valence-corrected chi connectivity index (χ0v) is 15.5. The minimum atomic E-state index is -1.16. The van der Waals surface area contributed by atoms with Crippen LogP contribution in [0, 0.1) is 5.82 Å². The van der Waals surface area contributed by atoms with Gasteiger partial charge in [0.05, 0.1) is 0 Å². The zero-order chi connectivity index (χ0) is 19.8. The van der Waals surface area contributed by atoms with Crippen LogP contribution in [0.4, 0.5) is 9.18 Å². The van der Waals surface area contributed by atoms with E-state index in [1.807, 2.05) is 0 Å². The van der Waals surface area contributed by atoms with Crippen LogP contribution in [0.5, 0.6) is 5.75 Å². The van der Waals surface area contributed by atoms with Crippen LogP contribution in [0.3, 0.4) is 0 Å². The van der Waals surface area contributed by atoms with Gasteiger partial charge in [-0.1, -0.05) is 19.3 Å². The van der Waals surface area contributed by atoms with Crippen molar-refractivity contribution in [3.8, 4) is 5.75 Å². The SMILES string of the molecule is C[C@H](Oc1ccc(F)cc1)C(=O)O[C@H](C)C(=O)NC(=O)NC1CCCCC1. The Morgan fingerprint density at radius 1 is 1.04 bits per heavy atom. The monoisotopic (exact) mass is 380 g/mol. The standard InChI is InChI=1S/C19H25FN2O5/c1-12(17(23)22-19(25)21-15-6-4-3-5-7-15)27-18(24)13(2)26-16-10-8-14(20)9-11-16/h8-13,15H,3-7H2,1-2H3,(H2,21,22,23,25)/t12-,13+/m1/s1. The van der Waals surface area contributed by atoms with Crippen LogP contribution in [0.25, 0.3) is 0 Å². The molecule has 2 rings (SSSR count). The normalized spacial score (nSPS) is 16.7. The van der Waals surface area contributed by atoms with E-state index in [9.17, 15) is 18.8 Å². The fraction of sp³-hybridized carbons (Fsp3) is 0.526. The van der Waals surface area contributed by atoms with E-state index < -0.39 is 35.9 Å². The van der Waals surface area contributed by atoms with Crippen molar-refractivity contribution in [2.45, 2.75) is 64.2 Å². The van der Waals surface area contributed by atoms with Crippen molar-refractivity contribution < 1.29 is 28.2 Å². The third-order valence-corrected chi connectivity index (χ3v) is 4.30. The Labute approximate surface area is 157 Å². The molecule has 0 heterocycles. The Morgan fingerprint density at radius 3 is 2.30 bits per heavy atom. The Morgan fingerprint density at radius 2 is 1.67 bits per heavy atom. The van der Waals surface area contributed by atoms with Gasteiger partial charge >= 0.3 is 12.0 Å². The molecule has 8 heteroatoms. The van der Waals surface area contributed by atoms with Gasteiger partial charge in [-0.05, 0) is 51.0 Å². The summed E-state index contributed by atoms with van der Waals surface area (Å²) in [6.45, 7) is 2.82. The molecule has 1 aliphatic carbocycles. The number of hydrogen-bond acceptors (Lipinski definition) is 5. The van der Waals surface area contributed by atoms with E-state index in [0.29, 0.717) is 5.75 Å². The van der Waals surface area contributed by atoms with Gasteiger partial charge in [-0.3, -0.25) is 10.1 Å². The molecule has 148 valence electrons. The lowest BCUT2D eigenvalue weighted by molar-refractivity contribution is -0.160. The third-order valence-electron chi connectivity index (χ3n) is 4.30. The predicted molar refractivity (Wildman–Crippen MR) is 95.6 cm³/mol. The maximum atomic E-state index is 12.9. The molecule has 27 heavy (non-hydrogen) atoms. The fourth-order valence-corrected chi connectivity index (χ4v) is 2.77. The van der Waals surface area contributed by atoms with E-state index in [1.165, 1.54) is 38.1 Å². The summed E-state index contributed by atoms with van der Waals surface area (Å²) in [6.07, 6.45) is 2.90. The first kappa shape index (κ1) is 20.7. The van der Waals surface area contributed by atoms with Crippen molar-refractivity contribution in [1.29, 1.82) is 0 Å². The van der Waals surface area contributed by atoms with Gasteiger partial charge in [-0.2, -0.15) is 0 Å². The summed E-state index contributed by atoms with van der Waals surface area (Å²) in [5.74, 6) is -1.61. The van der Waals surface area contributed by atoms with Gasteiger partial charge in [-0.15, -0.1) is 0 Å². The number of carbonyl (C=O) groups is 3. The average Bonchev–Trinajstić information content (AvgIpc) is 2.64. The highest BCUT2D eigenvalue weighted by atomic mass is 19.1. The van der Waals surface area contributed by atoms with Gasteiger partial charge in [0.2, 0.25) is 0 Å².